The van der Waals surface area contributed by atoms with Gasteiger partial charge in [-0.05, 0) is 62.5 Å². The summed E-state index contributed by atoms with van der Waals surface area (Å²) in [6.45, 7) is 2.25. The number of halogens is 3. The second-order valence-corrected chi connectivity index (χ2v) is 6.59. The minimum atomic E-state index is -0.383. The molecule has 2 aromatic rings. The number of benzene rings is 2. The Kier molecular flexibility index (Phi) is 5.24. The lowest BCUT2D eigenvalue weighted by Crippen LogP contribution is -2.02. The van der Waals surface area contributed by atoms with Gasteiger partial charge in [0.25, 0.3) is 5.69 Å². The van der Waals surface area contributed by atoms with Gasteiger partial charge in [0.05, 0.1) is 15.6 Å². The summed E-state index contributed by atoms with van der Waals surface area (Å²) in [5.74, 6) is 0. The summed E-state index contributed by atoms with van der Waals surface area (Å²) in [4.78, 5) is 10.6. The molecule has 110 valence electrons. The molecule has 0 saturated carbocycles. The summed E-state index contributed by atoms with van der Waals surface area (Å²) >= 11 is 12.7. The summed E-state index contributed by atoms with van der Waals surface area (Å²) in [5, 5.41) is 14.8. The molecular formula is C14H11Br2ClN2O2. The van der Waals surface area contributed by atoms with Gasteiger partial charge in [-0.1, -0.05) is 17.7 Å². The number of nitro groups is 1. The number of anilines is 1. The van der Waals surface area contributed by atoms with Crippen molar-refractivity contribution >= 4 is 54.8 Å². The molecule has 0 heterocycles. The van der Waals surface area contributed by atoms with Crippen LogP contribution in [-0.4, -0.2) is 4.92 Å². The number of hydrogen-bond acceptors (Lipinski definition) is 3. The number of aryl methyl sites for hydroxylation is 1. The van der Waals surface area contributed by atoms with E-state index in [9.17, 15) is 10.1 Å². The van der Waals surface area contributed by atoms with E-state index in [1.165, 1.54) is 6.07 Å². The highest BCUT2D eigenvalue weighted by Crippen LogP contribution is 2.31. The normalized spacial score (nSPS) is 10.5. The maximum atomic E-state index is 11.0. The fraction of sp³-hybridized carbons (Fsp3) is 0.143. The van der Waals surface area contributed by atoms with Crippen LogP contribution < -0.4 is 5.32 Å². The SMILES string of the molecule is Cc1cc(Br)c(NCc2ccc(Cl)c(Br)c2)cc1[N+](=O)[O-]. The maximum absolute atomic E-state index is 11.0. The Labute approximate surface area is 143 Å². The van der Waals surface area contributed by atoms with Crippen LogP contribution in [0.4, 0.5) is 11.4 Å². The highest BCUT2D eigenvalue weighted by atomic mass is 79.9. The summed E-state index contributed by atoms with van der Waals surface area (Å²) in [5.41, 5.74) is 2.41. The minimum Gasteiger partial charge on any atom is -0.380 e. The minimum absolute atomic E-state index is 0.0954. The van der Waals surface area contributed by atoms with E-state index in [-0.39, 0.29) is 10.6 Å². The molecule has 0 atom stereocenters. The van der Waals surface area contributed by atoms with Crippen molar-refractivity contribution in [2.45, 2.75) is 13.5 Å². The Balaban J connectivity index is 2.21. The van der Waals surface area contributed by atoms with E-state index in [0.29, 0.717) is 22.8 Å². The molecule has 0 fully saturated rings. The van der Waals surface area contributed by atoms with E-state index >= 15 is 0 Å². The van der Waals surface area contributed by atoms with Gasteiger partial charge in [-0.2, -0.15) is 0 Å². The molecule has 0 aliphatic carbocycles. The molecule has 4 nitrogen and oxygen atoms in total. The van der Waals surface area contributed by atoms with Gasteiger partial charge in [0.1, 0.15) is 0 Å². The van der Waals surface area contributed by atoms with E-state index in [1.54, 1.807) is 19.1 Å². The summed E-state index contributed by atoms with van der Waals surface area (Å²) < 4.78 is 1.61. The van der Waals surface area contributed by atoms with Crippen molar-refractivity contribution in [3.05, 3.63) is 65.5 Å². The molecule has 0 saturated heterocycles. The van der Waals surface area contributed by atoms with E-state index < -0.39 is 0 Å². The topological polar surface area (TPSA) is 55.2 Å². The van der Waals surface area contributed by atoms with Crippen molar-refractivity contribution in [3.8, 4) is 0 Å². The monoisotopic (exact) mass is 432 g/mol. The van der Waals surface area contributed by atoms with Crippen LogP contribution in [0.5, 0.6) is 0 Å². The molecule has 2 aromatic carbocycles. The molecule has 21 heavy (non-hydrogen) atoms. The van der Waals surface area contributed by atoms with Gasteiger partial charge in [-0.25, -0.2) is 0 Å². The largest absolute Gasteiger partial charge is 0.380 e. The van der Waals surface area contributed by atoms with Gasteiger partial charge in [0, 0.05) is 27.1 Å². The number of nitrogens with zero attached hydrogens (tertiary/aromatic N) is 1. The van der Waals surface area contributed by atoms with E-state index in [0.717, 1.165) is 14.5 Å². The average molecular weight is 435 g/mol. The Morgan fingerprint density at radius 3 is 2.57 bits per heavy atom. The third-order valence-electron chi connectivity index (χ3n) is 2.95. The van der Waals surface area contributed by atoms with Crippen LogP contribution in [0.3, 0.4) is 0 Å². The van der Waals surface area contributed by atoms with Crippen LogP contribution in [0.1, 0.15) is 11.1 Å². The number of nitro benzene ring substituents is 1. The molecular weight excluding hydrogens is 423 g/mol. The molecule has 0 aliphatic heterocycles. The lowest BCUT2D eigenvalue weighted by atomic mass is 10.1. The summed E-state index contributed by atoms with van der Waals surface area (Å²) in [6, 6.07) is 8.88. The van der Waals surface area contributed by atoms with E-state index in [4.69, 9.17) is 11.6 Å². The van der Waals surface area contributed by atoms with Crippen molar-refractivity contribution in [2.24, 2.45) is 0 Å². The Bertz CT molecular complexity index is 708. The van der Waals surface area contributed by atoms with E-state index in [1.807, 2.05) is 12.1 Å². The molecule has 0 aromatic heterocycles. The average Bonchev–Trinajstić information content (AvgIpc) is 2.41. The van der Waals surface area contributed by atoms with Crippen molar-refractivity contribution < 1.29 is 4.92 Å². The fourth-order valence-electron chi connectivity index (χ4n) is 1.84. The Morgan fingerprint density at radius 2 is 1.95 bits per heavy atom. The van der Waals surface area contributed by atoms with Gasteiger partial charge in [-0.15, -0.1) is 0 Å². The van der Waals surface area contributed by atoms with Crippen LogP contribution in [0, 0.1) is 17.0 Å². The predicted octanol–water partition coefficient (Wildman–Crippen LogP) is 5.69. The van der Waals surface area contributed by atoms with Crippen molar-refractivity contribution in [3.63, 3.8) is 0 Å². The van der Waals surface area contributed by atoms with Crippen LogP contribution in [0.15, 0.2) is 39.3 Å². The molecule has 1 N–H and O–H groups in total. The maximum Gasteiger partial charge on any atom is 0.274 e. The predicted molar refractivity (Wildman–Crippen MR) is 92.0 cm³/mol. The van der Waals surface area contributed by atoms with Gasteiger partial charge in [0.2, 0.25) is 0 Å². The smallest absolute Gasteiger partial charge is 0.274 e. The molecule has 0 unspecified atom stereocenters. The first kappa shape index (κ1) is 16.3. The highest BCUT2D eigenvalue weighted by molar-refractivity contribution is 9.11. The molecule has 0 radical (unpaired) electrons. The number of hydrogen-bond donors (Lipinski definition) is 1. The first-order chi connectivity index (χ1) is 9.88. The van der Waals surface area contributed by atoms with Crippen LogP contribution in [0.25, 0.3) is 0 Å². The summed E-state index contributed by atoms with van der Waals surface area (Å²) in [6.07, 6.45) is 0. The van der Waals surface area contributed by atoms with Gasteiger partial charge >= 0.3 is 0 Å². The molecule has 7 heteroatoms. The molecule has 0 bridgehead atoms. The number of rotatable bonds is 4. The lowest BCUT2D eigenvalue weighted by molar-refractivity contribution is -0.385. The Morgan fingerprint density at radius 1 is 1.24 bits per heavy atom. The third-order valence-corrected chi connectivity index (χ3v) is 4.82. The molecule has 2 rings (SSSR count). The van der Waals surface area contributed by atoms with Gasteiger partial charge < -0.3 is 5.32 Å². The standard InChI is InChI=1S/C14H11Br2ClN2O2/c1-8-4-11(16)13(6-14(8)19(20)21)18-7-9-2-3-12(17)10(15)5-9/h2-6,18H,7H2,1H3. The summed E-state index contributed by atoms with van der Waals surface area (Å²) in [7, 11) is 0. The van der Waals surface area contributed by atoms with Crippen LogP contribution >= 0.6 is 43.5 Å². The zero-order valence-corrected chi connectivity index (χ0v) is 14.9. The van der Waals surface area contributed by atoms with Crippen LogP contribution in [0.2, 0.25) is 5.02 Å². The van der Waals surface area contributed by atoms with Gasteiger partial charge in [-0.3, -0.25) is 10.1 Å². The third kappa shape index (κ3) is 3.96. The van der Waals surface area contributed by atoms with Crippen molar-refractivity contribution in [2.75, 3.05) is 5.32 Å². The quantitative estimate of drug-likeness (QED) is 0.497. The molecule has 0 aliphatic rings. The van der Waals surface area contributed by atoms with Gasteiger partial charge in [0.15, 0.2) is 0 Å². The van der Waals surface area contributed by atoms with Crippen molar-refractivity contribution in [1.29, 1.82) is 0 Å². The second kappa shape index (κ2) is 6.77. The molecule has 0 spiro atoms. The first-order valence-electron chi connectivity index (χ1n) is 6.01. The Hall–Kier alpha value is -1.11. The fourth-order valence-corrected chi connectivity index (χ4v) is 2.98. The number of nitrogens with one attached hydrogen (secondary N) is 1. The first-order valence-corrected chi connectivity index (χ1v) is 7.97. The lowest BCUT2D eigenvalue weighted by Gasteiger charge is -2.10. The highest BCUT2D eigenvalue weighted by Gasteiger charge is 2.14. The zero-order chi connectivity index (χ0) is 15.6. The second-order valence-electron chi connectivity index (χ2n) is 4.48. The van der Waals surface area contributed by atoms with Crippen molar-refractivity contribution in [1.82, 2.24) is 0 Å². The zero-order valence-electron chi connectivity index (χ0n) is 11.0. The van der Waals surface area contributed by atoms with E-state index in [2.05, 4.69) is 37.2 Å². The molecule has 0 amide bonds. The van der Waals surface area contributed by atoms with Crippen LogP contribution in [-0.2, 0) is 6.54 Å².